The maximum Gasteiger partial charge on any atom is 0.412 e. The number of carbonyl (C=O) groups is 7. The van der Waals surface area contributed by atoms with Gasteiger partial charge in [-0.3, -0.25) is 37.2 Å². The van der Waals surface area contributed by atoms with Gasteiger partial charge in [-0.15, -0.1) is 0 Å². The van der Waals surface area contributed by atoms with Crippen LogP contribution in [0.2, 0.25) is 0 Å². The molecule has 15 atom stereocenters. The van der Waals surface area contributed by atoms with Gasteiger partial charge in [-0.05, 0) is 91.3 Å². The third kappa shape index (κ3) is 18.9. The van der Waals surface area contributed by atoms with Gasteiger partial charge in [-0.1, -0.05) is 127 Å². The van der Waals surface area contributed by atoms with Crippen LogP contribution in [0.15, 0.2) is 212 Å². The minimum absolute atomic E-state index is 0.246. The molecule has 2 saturated heterocycles. The van der Waals surface area contributed by atoms with Gasteiger partial charge in [-0.25, -0.2) is 33.6 Å². The summed E-state index contributed by atoms with van der Waals surface area (Å²) in [7, 11) is 0. The molecule has 0 unspecified atom stereocenters. The predicted molar refractivity (Wildman–Crippen MR) is 348 cm³/mol. The van der Waals surface area contributed by atoms with Crippen LogP contribution in [0, 0.1) is 0 Å². The van der Waals surface area contributed by atoms with E-state index in [4.69, 9.17) is 75.0 Å². The lowest BCUT2D eigenvalue weighted by Gasteiger charge is -2.50. The van der Waals surface area contributed by atoms with Crippen molar-refractivity contribution in [1.29, 1.82) is 0 Å². The highest BCUT2D eigenvalue weighted by atomic mass is 16.8. The Hall–Kier alpha value is -10.9. The number of rotatable bonds is 20. The summed E-state index contributed by atoms with van der Waals surface area (Å²) < 4.78 is 69.2. The number of carbonyl (C=O) groups excluding carboxylic acids is 7. The fourth-order valence-electron chi connectivity index (χ4n) is 10.7. The lowest BCUT2D eigenvalue weighted by molar-refractivity contribution is -0.328. The highest BCUT2D eigenvalue weighted by Crippen LogP contribution is 2.37. The fourth-order valence-corrected chi connectivity index (χ4v) is 10.7. The SMILES string of the molecule is NC[C@H]1O[C@H](O[C@@H]2[C@@H](OC(=O)Nc3ccccc3)[C@H](O[C@H]3O[C@H](COC(=O)Nc4ccccc4)[C@@H](OC(=O)Nc4ccccc4)[C@H](N)[C@H]3OC(=O)Nc3ccccc3)[C@@H](N)C[C@H]2N)[C@H](OC(=O)Nc2ccccc2)[C@@H](OC(=O)Nc2ccccc2)[C@@H]1OC(=O)Nc1ccccc1. The number of nitrogens with one attached hydrogen (secondary N) is 7. The van der Waals surface area contributed by atoms with Crippen molar-refractivity contribution in [3.63, 3.8) is 0 Å². The smallest absolute Gasteiger partial charge is 0.412 e. The molecule has 0 spiro atoms. The van der Waals surface area contributed by atoms with E-state index < -0.39 is 148 Å². The lowest BCUT2D eigenvalue weighted by Crippen LogP contribution is -2.70. The predicted octanol–water partition coefficient (Wildman–Crippen LogP) is 8.50. The summed E-state index contributed by atoms with van der Waals surface area (Å²) in [5.74, 6) is 0. The first kappa shape index (κ1) is 68.0. The number of para-hydroxylation sites is 7. The Morgan fingerprint density at radius 1 is 0.323 bits per heavy atom. The Morgan fingerprint density at radius 3 is 0.917 bits per heavy atom. The fraction of sp³-hybridized carbons (Fsp3) is 0.269. The van der Waals surface area contributed by atoms with Gasteiger partial charge in [0.25, 0.3) is 0 Å². The Kier molecular flexibility index (Phi) is 23.6. The molecular weight excluding hydrogens is 1250 g/mol. The molecule has 0 bridgehead atoms. The number of benzene rings is 7. The number of hydrogen-bond acceptors (Lipinski definition) is 22. The van der Waals surface area contributed by atoms with Crippen molar-refractivity contribution in [2.75, 3.05) is 50.4 Å². The van der Waals surface area contributed by atoms with E-state index in [1.807, 2.05) is 0 Å². The molecule has 2 aliphatic heterocycles. The maximum atomic E-state index is 14.5. The van der Waals surface area contributed by atoms with Gasteiger partial charge in [0.1, 0.15) is 31.0 Å². The standard InChI is InChI=1S/C67H71N11O18/c68-37-48-54(92-63(81)74-41-26-12-3-13-27-41)57(95-66(84)77-44-32-18-6-19-33-44)58(96-67(85)78-45-34-20-7-21-35-45)60(87-48)90-52-47(70)36-46(69)51(56(52)94-65(83)76-43-30-16-5-17-31-43)89-59-55(93-64(82)75-42-28-14-4-15-29-42)50(71)53(91-62(80)73-40-24-10-2-11-25-40)49(88-59)38-86-61(79)72-39-22-8-1-9-23-39/h1-35,46-60H,36-38,68-71H2,(H,72,79)(H,73,80)(H,74,81)(H,75,82)(H,76,83)(H,77,84)(H,78,85)/t46-,47+,48+,49+,50-,51+,52-,53+,54+,55+,56-,57-,58+,59+,60+/m0/s1. The molecule has 1 aliphatic carbocycles. The van der Waals surface area contributed by atoms with Crippen molar-refractivity contribution in [2.45, 2.75) is 98.2 Å². The van der Waals surface area contributed by atoms with Gasteiger partial charge in [-0.2, -0.15) is 0 Å². The molecule has 0 radical (unpaired) electrons. The van der Waals surface area contributed by atoms with Gasteiger partial charge in [0.15, 0.2) is 49.2 Å². The molecule has 3 aliphatic rings. The highest BCUT2D eigenvalue weighted by Gasteiger charge is 2.58. The number of anilines is 7. The third-order valence-corrected chi connectivity index (χ3v) is 15.1. The number of ether oxygens (including phenoxy) is 11. The average molecular weight is 1320 g/mol. The van der Waals surface area contributed by atoms with Crippen molar-refractivity contribution in [1.82, 2.24) is 0 Å². The normalized spacial score (nSPS) is 25.1. The van der Waals surface area contributed by atoms with Crippen molar-refractivity contribution >= 4 is 82.5 Å². The van der Waals surface area contributed by atoms with Gasteiger partial charge < -0.3 is 75.0 Å². The number of nitrogens with two attached hydrogens (primary N) is 4. The van der Waals surface area contributed by atoms with E-state index in [9.17, 15) is 33.6 Å². The molecule has 0 aromatic heterocycles. The molecule has 1 saturated carbocycles. The molecular formula is C67H71N11O18. The topological polar surface area (TPSA) is 409 Å². The third-order valence-electron chi connectivity index (χ3n) is 15.1. The van der Waals surface area contributed by atoms with Gasteiger partial charge in [0.2, 0.25) is 0 Å². The first-order chi connectivity index (χ1) is 46.6. The first-order valence-electron chi connectivity index (χ1n) is 30.4. The summed E-state index contributed by atoms with van der Waals surface area (Å²) in [6.45, 7) is -1.17. The minimum Gasteiger partial charge on any atom is -0.446 e. The second-order valence-electron chi connectivity index (χ2n) is 21.9. The molecule has 7 aromatic rings. The van der Waals surface area contributed by atoms with E-state index in [0.717, 1.165) is 0 Å². The maximum absolute atomic E-state index is 14.5. The molecule has 3 fully saturated rings. The van der Waals surface area contributed by atoms with Gasteiger partial charge in [0, 0.05) is 58.4 Å². The summed E-state index contributed by atoms with van der Waals surface area (Å²) >= 11 is 0. The van der Waals surface area contributed by atoms with Crippen LogP contribution in [0.4, 0.5) is 73.4 Å². The van der Waals surface area contributed by atoms with Crippen LogP contribution in [0.5, 0.6) is 0 Å². The zero-order valence-corrected chi connectivity index (χ0v) is 51.1. The Labute approximate surface area is 549 Å². The monoisotopic (exact) mass is 1320 g/mol. The molecule has 29 nitrogen and oxygen atoms in total. The summed E-state index contributed by atoms with van der Waals surface area (Å²) in [6.07, 6.45) is -28.8. The summed E-state index contributed by atoms with van der Waals surface area (Å²) in [5.41, 5.74) is 29.7. The zero-order chi connectivity index (χ0) is 67.3. The van der Waals surface area contributed by atoms with Crippen molar-refractivity contribution in [3.8, 4) is 0 Å². The van der Waals surface area contributed by atoms with E-state index in [0.29, 0.717) is 17.1 Å². The molecule has 502 valence electrons. The Bertz CT molecular complexity index is 3660. The van der Waals surface area contributed by atoms with E-state index in [1.165, 1.54) is 0 Å². The minimum atomic E-state index is -1.96. The first-order valence-corrected chi connectivity index (χ1v) is 30.4. The van der Waals surface area contributed by atoms with E-state index >= 15 is 0 Å². The molecule has 15 N–H and O–H groups in total. The molecule has 96 heavy (non-hydrogen) atoms. The van der Waals surface area contributed by atoms with E-state index in [1.54, 1.807) is 212 Å². The van der Waals surface area contributed by atoms with Crippen LogP contribution in [0.25, 0.3) is 0 Å². The van der Waals surface area contributed by atoms with Crippen LogP contribution in [0.3, 0.4) is 0 Å². The van der Waals surface area contributed by atoms with Crippen molar-refractivity contribution in [3.05, 3.63) is 212 Å². The van der Waals surface area contributed by atoms with Crippen LogP contribution in [-0.4, -0.2) is 148 Å². The van der Waals surface area contributed by atoms with Gasteiger partial charge in [0.05, 0.1) is 6.04 Å². The second kappa shape index (κ2) is 33.3. The molecule has 10 rings (SSSR count). The molecule has 2 heterocycles. The van der Waals surface area contributed by atoms with Crippen LogP contribution in [-0.2, 0) is 52.1 Å². The van der Waals surface area contributed by atoms with Crippen LogP contribution >= 0.6 is 0 Å². The lowest BCUT2D eigenvalue weighted by atomic mass is 9.84. The van der Waals surface area contributed by atoms with Crippen molar-refractivity contribution < 1.29 is 85.7 Å². The van der Waals surface area contributed by atoms with Crippen molar-refractivity contribution in [2.24, 2.45) is 22.9 Å². The number of hydrogen-bond donors (Lipinski definition) is 11. The average Bonchev–Trinajstić information content (AvgIpc) is 0.772. The highest BCUT2D eigenvalue weighted by molar-refractivity contribution is 5.88. The zero-order valence-electron chi connectivity index (χ0n) is 51.1. The van der Waals surface area contributed by atoms with Gasteiger partial charge >= 0.3 is 42.7 Å². The number of amides is 7. The molecule has 29 heteroatoms. The second-order valence-corrected chi connectivity index (χ2v) is 21.9. The quantitative estimate of drug-likeness (QED) is 0.0318. The summed E-state index contributed by atoms with van der Waals surface area (Å²) in [5, 5.41) is 18.3. The summed E-state index contributed by atoms with van der Waals surface area (Å²) in [4.78, 5) is 98.3. The van der Waals surface area contributed by atoms with Crippen LogP contribution < -0.4 is 60.2 Å². The Balaban J connectivity index is 1.03. The van der Waals surface area contributed by atoms with E-state index in [2.05, 4.69) is 37.2 Å². The molecule has 7 amide bonds. The van der Waals surface area contributed by atoms with Crippen LogP contribution in [0.1, 0.15) is 6.42 Å². The largest absolute Gasteiger partial charge is 0.446 e. The molecule has 7 aromatic carbocycles. The van der Waals surface area contributed by atoms with E-state index in [-0.39, 0.29) is 29.2 Å². The summed E-state index contributed by atoms with van der Waals surface area (Å²) in [6, 6.07) is 53.2. The Morgan fingerprint density at radius 2 is 0.583 bits per heavy atom.